The van der Waals surface area contributed by atoms with E-state index in [4.69, 9.17) is 14.2 Å². The van der Waals surface area contributed by atoms with Crippen LogP contribution in [0.4, 0.5) is 0 Å². The molecule has 0 rings (SSSR count). The molecular formula is C71H118O6. The Hall–Kier alpha value is -4.19. The van der Waals surface area contributed by atoms with E-state index in [2.05, 4.69) is 142 Å². The average Bonchev–Trinajstić information content (AvgIpc) is 3.43. The molecule has 6 heteroatoms. The highest BCUT2D eigenvalue weighted by Crippen LogP contribution is 2.15. The lowest BCUT2D eigenvalue weighted by atomic mass is 10.1. The Kier molecular flexibility index (Phi) is 60.8. The van der Waals surface area contributed by atoms with Gasteiger partial charge in [0.05, 0.1) is 0 Å². The van der Waals surface area contributed by atoms with Crippen LogP contribution in [0.1, 0.15) is 290 Å². The molecule has 0 aliphatic heterocycles. The van der Waals surface area contributed by atoms with Crippen LogP contribution in [0.15, 0.2) is 122 Å². The summed E-state index contributed by atoms with van der Waals surface area (Å²) < 4.78 is 16.9. The summed E-state index contributed by atoms with van der Waals surface area (Å²) in [6.45, 7) is 6.39. The molecule has 1 atom stereocenters. The van der Waals surface area contributed by atoms with E-state index in [0.717, 1.165) is 148 Å². The van der Waals surface area contributed by atoms with Crippen molar-refractivity contribution in [3.8, 4) is 0 Å². The summed E-state index contributed by atoms with van der Waals surface area (Å²) in [4.78, 5) is 38.4. The summed E-state index contributed by atoms with van der Waals surface area (Å²) in [5, 5.41) is 0. The molecular weight excluding hydrogens is 949 g/mol. The molecule has 0 aliphatic carbocycles. The van der Waals surface area contributed by atoms with Gasteiger partial charge in [0.15, 0.2) is 6.10 Å². The number of rotatable bonds is 57. The Morgan fingerprint density at radius 2 is 0.506 bits per heavy atom. The molecule has 438 valence electrons. The van der Waals surface area contributed by atoms with Crippen molar-refractivity contribution in [1.29, 1.82) is 0 Å². The van der Waals surface area contributed by atoms with Gasteiger partial charge in [-0.25, -0.2) is 0 Å². The lowest BCUT2D eigenvalue weighted by Gasteiger charge is -2.18. The fourth-order valence-electron chi connectivity index (χ4n) is 8.69. The van der Waals surface area contributed by atoms with Gasteiger partial charge in [-0.2, -0.15) is 0 Å². The Morgan fingerprint density at radius 3 is 0.805 bits per heavy atom. The minimum Gasteiger partial charge on any atom is -0.462 e. The van der Waals surface area contributed by atoms with E-state index < -0.39 is 6.10 Å². The maximum atomic E-state index is 12.9. The summed E-state index contributed by atoms with van der Waals surface area (Å²) in [6, 6.07) is 0. The normalized spacial score (nSPS) is 12.9. The van der Waals surface area contributed by atoms with Gasteiger partial charge in [0, 0.05) is 19.3 Å². The molecule has 0 spiro atoms. The molecule has 0 aromatic heterocycles. The second-order valence-corrected chi connectivity index (χ2v) is 20.9. The van der Waals surface area contributed by atoms with Gasteiger partial charge in [0.1, 0.15) is 13.2 Å². The van der Waals surface area contributed by atoms with Crippen LogP contribution in [0.5, 0.6) is 0 Å². The number of esters is 3. The van der Waals surface area contributed by atoms with Gasteiger partial charge >= 0.3 is 17.9 Å². The maximum Gasteiger partial charge on any atom is 0.306 e. The van der Waals surface area contributed by atoms with Crippen LogP contribution in [0.2, 0.25) is 0 Å². The van der Waals surface area contributed by atoms with E-state index in [1.165, 1.54) is 103 Å². The van der Waals surface area contributed by atoms with Crippen molar-refractivity contribution in [2.45, 2.75) is 297 Å². The van der Waals surface area contributed by atoms with Gasteiger partial charge in [0.25, 0.3) is 0 Å². The number of unbranched alkanes of at least 4 members (excludes halogenated alkanes) is 26. The SMILES string of the molecule is CC/C=C\C/C=C\C/C=C\C/C=C\C/C=C\CCCCCCCC(=O)OCC(COC(=O)CCCCCC/C=C\C/C=C\C/C=C\C/C=C\CC)OC(=O)CCCCCCCCCCC/C=C\CCCCCCCCCC. The van der Waals surface area contributed by atoms with Gasteiger partial charge in [-0.05, 0) is 128 Å². The van der Waals surface area contributed by atoms with Crippen LogP contribution >= 0.6 is 0 Å². The van der Waals surface area contributed by atoms with Crippen LogP contribution in [0, 0.1) is 0 Å². The fraction of sp³-hybridized carbons (Fsp3) is 0.676. The first-order chi connectivity index (χ1) is 38.0. The van der Waals surface area contributed by atoms with E-state index in [1.54, 1.807) is 0 Å². The van der Waals surface area contributed by atoms with Crippen molar-refractivity contribution in [3.05, 3.63) is 122 Å². The van der Waals surface area contributed by atoms with Gasteiger partial charge in [-0.3, -0.25) is 14.4 Å². The third-order valence-corrected chi connectivity index (χ3v) is 13.4. The molecule has 77 heavy (non-hydrogen) atoms. The predicted molar refractivity (Wildman–Crippen MR) is 334 cm³/mol. The topological polar surface area (TPSA) is 78.9 Å². The standard InChI is InChI=1S/C71H118O6/c1-4-7-10-13-16-19-22-25-28-31-33-35-37-40-43-46-49-52-55-58-61-64-70(73)76-67-68(66-75-69(72)63-60-57-54-51-48-45-42-39-30-27-24-21-18-15-12-9-6-3)77-71(74)65-62-59-56-53-50-47-44-41-38-36-34-32-29-26-23-20-17-14-11-8-5-2/h7,9-10,12,16,18-19,21,25,27-28,30,32-35,40,42-43,45,68H,4-6,8,11,13-15,17,20,22-24,26,29,31,36-39,41,44,46-67H2,1-3H3/b10-7-,12-9-,19-16-,21-18-,28-25-,30-27-,34-32-,35-33-,43-40-,45-42-. The van der Waals surface area contributed by atoms with E-state index in [9.17, 15) is 14.4 Å². The van der Waals surface area contributed by atoms with E-state index in [-0.39, 0.29) is 31.1 Å². The number of carbonyl (C=O) groups is 3. The van der Waals surface area contributed by atoms with Crippen LogP contribution in [-0.2, 0) is 28.6 Å². The maximum absolute atomic E-state index is 12.9. The van der Waals surface area contributed by atoms with Crippen molar-refractivity contribution in [1.82, 2.24) is 0 Å². The molecule has 0 bridgehead atoms. The molecule has 0 aliphatic rings. The monoisotopic (exact) mass is 1070 g/mol. The van der Waals surface area contributed by atoms with Crippen molar-refractivity contribution in [2.75, 3.05) is 13.2 Å². The van der Waals surface area contributed by atoms with Gasteiger partial charge in [-0.1, -0.05) is 264 Å². The van der Waals surface area contributed by atoms with E-state index >= 15 is 0 Å². The van der Waals surface area contributed by atoms with Crippen molar-refractivity contribution in [3.63, 3.8) is 0 Å². The summed E-state index contributed by atoms with van der Waals surface area (Å²) in [5.74, 6) is -0.937. The first-order valence-corrected chi connectivity index (χ1v) is 32.0. The largest absolute Gasteiger partial charge is 0.462 e. The Balaban J connectivity index is 4.46. The minimum absolute atomic E-state index is 0.0992. The molecule has 0 amide bonds. The molecule has 0 radical (unpaired) electrons. The van der Waals surface area contributed by atoms with Gasteiger partial charge in [-0.15, -0.1) is 0 Å². The number of ether oxygens (including phenoxy) is 3. The Labute approximate surface area is 475 Å². The zero-order valence-corrected chi connectivity index (χ0v) is 50.2. The summed E-state index contributed by atoms with van der Waals surface area (Å²) in [7, 11) is 0. The molecule has 0 saturated heterocycles. The molecule has 6 nitrogen and oxygen atoms in total. The highest BCUT2D eigenvalue weighted by atomic mass is 16.6. The molecule has 0 N–H and O–H groups in total. The summed E-state index contributed by atoms with van der Waals surface area (Å²) >= 11 is 0. The predicted octanol–water partition coefficient (Wildman–Crippen LogP) is 22.0. The third-order valence-electron chi connectivity index (χ3n) is 13.4. The van der Waals surface area contributed by atoms with Crippen molar-refractivity contribution < 1.29 is 28.6 Å². The fourth-order valence-corrected chi connectivity index (χ4v) is 8.69. The first-order valence-electron chi connectivity index (χ1n) is 32.0. The molecule has 0 fully saturated rings. The van der Waals surface area contributed by atoms with Crippen LogP contribution in [0.25, 0.3) is 0 Å². The van der Waals surface area contributed by atoms with Crippen molar-refractivity contribution in [2.24, 2.45) is 0 Å². The van der Waals surface area contributed by atoms with Crippen LogP contribution in [0.3, 0.4) is 0 Å². The second kappa shape index (κ2) is 64.3. The lowest BCUT2D eigenvalue weighted by Crippen LogP contribution is -2.30. The second-order valence-electron chi connectivity index (χ2n) is 20.9. The molecule has 0 heterocycles. The number of hydrogen-bond donors (Lipinski definition) is 0. The smallest absolute Gasteiger partial charge is 0.306 e. The first kappa shape index (κ1) is 72.8. The third kappa shape index (κ3) is 62.5. The number of hydrogen-bond acceptors (Lipinski definition) is 6. The number of allylic oxidation sites excluding steroid dienone is 20. The zero-order valence-electron chi connectivity index (χ0n) is 50.2. The Morgan fingerprint density at radius 1 is 0.273 bits per heavy atom. The van der Waals surface area contributed by atoms with E-state index in [0.29, 0.717) is 19.3 Å². The molecule has 0 aromatic rings. The highest BCUT2D eigenvalue weighted by Gasteiger charge is 2.19. The van der Waals surface area contributed by atoms with E-state index in [1.807, 2.05) is 0 Å². The minimum atomic E-state index is -0.803. The highest BCUT2D eigenvalue weighted by molar-refractivity contribution is 5.71. The van der Waals surface area contributed by atoms with Gasteiger partial charge < -0.3 is 14.2 Å². The summed E-state index contributed by atoms with van der Waals surface area (Å²) in [5.41, 5.74) is 0. The summed E-state index contributed by atoms with van der Waals surface area (Å²) in [6.07, 6.45) is 89.1. The zero-order chi connectivity index (χ0) is 55.7. The number of carbonyl (C=O) groups excluding carboxylic acids is 3. The molecule has 0 aromatic carbocycles. The van der Waals surface area contributed by atoms with Crippen LogP contribution in [-0.4, -0.2) is 37.2 Å². The molecule has 1 unspecified atom stereocenters. The quantitative estimate of drug-likeness (QED) is 0.0261. The van der Waals surface area contributed by atoms with Crippen LogP contribution < -0.4 is 0 Å². The van der Waals surface area contributed by atoms with Gasteiger partial charge in [0.2, 0.25) is 0 Å². The Bertz CT molecular complexity index is 1600. The molecule has 0 saturated carbocycles. The van der Waals surface area contributed by atoms with Crippen molar-refractivity contribution >= 4 is 17.9 Å². The average molecular weight is 1070 g/mol. The lowest BCUT2D eigenvalue weighted by molar-refractivity contribution is -0.167.